The molecule has 19 heavy (non-hydrogen) atoms. The second kappa shape index (κ2) is 8.93. The van der Waals surface area contributed by atoms with Crippen LogP contribution in [0.3, 0.4) is 0 Å². The average Bonchev–Trinajstić information content (AvgIpc) is 2.42. The van der Waals surface area contributed by atoms with E-state index < -0.39 is 0 Å². The van der Waals surface area contributed by atoms with Crippen LogP contribution in [-0.4, -0.2) is 55.1 Å². The Kier molecular flexibility index (Phi) is 7.96. The third-order valence-electron chi connectivity index (χ3n) is 4.61. The predicted molar refractivity (Wildman–Crippen MR) is 84.4 cm³/mol. The maximum atomic E-state index is 5.89. The van der Waals surface area contributed by atoms with Gasteiger partial charge in [0.15, 0.2) is 0 Å². The number of nitrogens with zero attached hydrogens (tertiary/aromatic N) is 2. The molecule has 0 aliphatic carbocycles. The van der Waals surface area contributed by atoms with Crippen molar-refractivity contribution in [1.82, 2.24) is 9.80 Å². The molecule has 1 rings (SSSR count). The number of piperazine rings is 1. The first-order valence-electron chi connectivity index (χ1n) is 8.23. The van der Waals surface area contributed by atoms with E-state index in [1.165, 1.54) is 52.0 Å². The summed E-state index contributed by atoms with van der Waals surface area (Å²) in [6.07, 6.45) is 3.82. The Morgan fingerprint density at radius 3 is 2.16 bits per heavy atom. The van der Waals surface area contributed by atoms with Crippen molar-refractivity contribution in [2.75, 3.05) is 39.3 Å². The fourth-order valence-electron chi connectivity index (χ4n) is 3.05. The molecule has 1 aliphatic rings. The Hall–Kier alpha value is -0.120. The van der Waals surface area contributed by atoms with Crippen molar-refractivity contribution in [2.45, 2.75) is 53.0 Å². The Labute approximate surface area is 120 Å². The van der Waals surface area contributed by atoms with Crippen molar-refractivity contribution >= 4 is 0 Å². The summed E-state index contributed by atoms with van der Waals surface area (Å²) in [5, 5.41) is 0. The molecule has 2 unspecified atom stereocenters. The Balaban J connectivity index is 2.21. The van der Waals surface area contributed by atoms with Crippen molar-refractivity contribution in [3.8, 4) is 0 Å². The maximum absolute atomic E-state index is 5.89. The Morgan fingerprint density at radius 1 is 1.05 bits per heavy atom. The minimum Gasteiger partial charge on any atom is -0.330 e. The van der Waals surface area contributed by atoms with Crippen molar-refractivity contribution in [3.05, 3.63) is 0 Å². The van der Waals surface area contributed by atoms with Gasteiger partial charge < -0.3 is 10.6 Å². The van der Waals surface area contributed by atoms with Gasteiger partial charge in [-0.05, 0) is 51.1 Å². The molecule has 0 spiro atoms. The predicted octanol–water partition coefficient (Wildman–Crippen LogP) is 2.41. The highest BCUT2D eigenvalue weighted by Gasteiger charge is 2.20. The first-order chi connectivity index (χ1) is 9.06. The lowest BCUT2D eigenvalue weighted by Crippen LogP contribution is -2.49. The van der Waals surface area contributed by atoms with Gasteiger partial charge in [-0.15, -0.1) is 0 Å². The van der Waals surface area contributed by atoms with Gasteiger partial charge in [-0.25, -0.2) is 0 Å². The van der Waals surface area contributed by atoms with Gasteiger partial charge in [-0.3, -0.25) is 4.90 Å². The minimum absolute atomic E-state index is 0.715. The molecule has 1 fully saturated rings. The summed E-state index contributed by atoms with van der Waals surface area (Å²) in [7, 11) is 0. The highest BCUT2D eigenvalue weighted by atomic mass is 15.3. The van der Waals surface area contributed by atoms with Crippen LogP contribution in [0.15, 0.2) is 0 Å². The highest BCUT2D eigenvalue weighted by molar-refractivity contribution is 4.76. The summed E-state index contributed by atoms with van der Waals surface area (Å²) < 4.78 is 0. The molecule has 0 radical (unpaired) electrons. The van der Waals surface area contributed by atoms with E-state index in [9.17, 15) is 0 Å². The minimum atomic E-state index is 0.715. The van der Waals surface area contributed by atoms with Crippen LogP contribution in [0.1, 0.15) is 47.0 Å². The van der Waals surface area contributed by atoms with Crippen molar-refractivity contribution in [3.63, 3.8) is 0 Å². The molecule has 1 heterocycles. The van der Waals surface area contributed by atoms with Gasteiger partial charge >= 0.3 is 0 Å². The largest absolute Gasteiger partial charge is 0.330 e. The van der Waals surface area contributed by atoms with Crippen molar-refractivity contribution < 1.29 is 0 Å². The third kappa shape index (κ3) is 6.24. The smallest absolute Gasteiger partial charge is 0.0113 e. The van der Waals surface area contributed by atoms with E-state index in [1.807, 2.05) is 0 Å². The lowest BCUT2D eigenvalue weighted by atomic mass is 9.94. The molecule has 0 amide bonds. The monoisotopic (exact) mass is 269 g/mol. The van der Waals surface area contributed by atoms with Gasteiger partial charge in [-0.2, -0.15) is 0 Å². The van der Waals surface area contributed by atoms with E-state index in [-0.39, 0.29) is 0 Å². The molecule has 0 aromatic carbocycles. The van der Waals surface area contributed by atoms with Crippen molar-refractivity contribution in [1.29, 1.82) is 0 Å². The quantitative estimate of drug-likeness (QED) is 0.734. The number of nitrogens with two attached hydrogens (primary N) is 1. The summed E-state index contributed by atoms with van der Waals surface area (Å²) in [6, 6.07) is 0.750. The molecule has 3 nitrogen and oxygen atoms in total. The summed E-state index contributed by atoms with van der Waals surface area (Å²) in [5.74, 6) is 1.49. The molecule has 0 saturated carbocycles. The molecule has 2 N–H and O–H groups in total. The third-order valence-corrected chi connectivity index (χ3v) is 4.61. The molecule has 0 bridgehead atoms. The number of hydrogen-bond donors (Lipinski definition) is 1. The molecule has 0 aromatic rings. The van der Waals surface area contributed by atoms with Gasteiger partial charge in [-0.1, -0.05) is 20.8 Å². The summed E-state index contributed by atoms with van der Waals surface area (Å²) in [6.45, 7) is 16.3. The fourth-order valence-corrected chi connectivity index (χ4v) is 3.05. The SMILES string of the molecule is CCC(C)N1CCN(CCC(CN)CC(C)C)CC1. The lowest BCUT2D eigenvalue weighted by molar-refractivity contribution is 0.0960. The van der Waals surface area contributed by atoms with Crippen LogP contribution < -0.4 is 5.73 Å². The van der Waals surface area contributed by atoms with Crippen LogP contribution in [0, 0.1) is 11.8 Å². The topological polar surface area (TPSA) is 32.5 Å². The van der Waals surface area contributed by atoms with Crippen LogP contribution in [-0.2, 0) is 0 Å². The molecule has 0 aromatic heterocycles. The zero-order chi connectivity index (χ0) is 14.3. The molecular formula is C16H35N3. The second-order valence-electron chi connectivity index (χ2n) is 6.65. The van der Waals surface area contributed by atoms with Crippen molar-refractivity contribution in [2.24, 2.45) is 17.6 Å². The van der Waals surface area contributed by atoms with E-state index in [0.29, 0.717) is 5.92 Å². The van der Waals surface area contributed by atoms with Crippen LogP contribution in [0.2, 0.25) is 0 Å². The van der Waals surface area contributed by atoms with E-state index in [4.69, 9.17) is 5.73 Å². The fraction of sp³-hybridized carbons (Fsp3) is 1.00. The molecule has 3 heteroatoms. The van der Waals surface area contributed by atoms with Crippen LogP contribution >= 0.6 is 0 Å². The van der Waals surface area contributed by atoms with Crippen LogP contribution in [0.4, 0.5) is 0 Å². The zero-order valence-electron chi connectivity index (χ0n) is 13.6. The Morgan fingerprint density at radius 2 is 1.68 bits per heavy atom. The first kappa shape index (κ1) is 16.9. The van der Waals surface area contributed by atoms with Gasteiger partial charge in [0.25, 0.3) is 0 Å². The lowest BCUT2D eigenvalue weighted by Gasteiger charge is -2.38. The van der Waals surface area contributed by atoms with E-state index in [2.05, 4.69) is 37.5 Å². The molecule has 1 aliphatic heterocycles. The van der Waals surface area contributed by atoms with E-state index in [0.717, 1.165) is 18.5 Å². The average molecular weight is 269 g/mol. The first-order valence-corrected chi connectivity index (χ1v) is 8.23. The zero-order valence-corrected chi connectivity index (χ0v) is 13.6. The maximum Gasteiger partial charge on any atom is 0.0113 e. The molecule has 1 saturated heterocycles. The second-order valence-corrected chi connectivity index (χ2v) is 6.65. The molecule has 2 atom stereocenters. The summed E-state index contributed by atoms with van der Waals surface area (Å²) in [4.78, 5) is 5.26. The van der Waals surface area contributed by atoms with Gasteiger partial charge in [0.2, 0.25) is 0 Å². The van der Waals surface area contributed by atoms with Crippen LogP contribution in [0.5, 0.6) is 0 Å². The Bertz CT molecular complexity index is 222. The van der Waals surface area contributed by atoms with Crippen LogP contribution in [0.25, 0.3) is 0 Å². The van der Waals surface area contributed by atoms with Gasteiger partial charge in [0, 0.05) is 32.2 Å². The summed E-state index contributed by atoms with van der Waals surface area (Å²) in [5.41, 5.74) is 5.89. The van der Waals surface area contributed by atoms with Gasteiger partial charge in [0.05, 0.1) is 0 Å². The molecular weight excluding hydrogens is 234 g/mol. The van der Waals surface area contributed by atoms with E-state index >= 15 is 0 Å². The van der Waals surface area contributed by atoms with Gasteiger partial charge in [0.1, 0.15) is 0 Å². The number of rotatable bonds is 8. The summed E-state index contributed by atoms with van der Waals surface area (Å²) >= 11 is 0. The number of hydrogen-bond acceptors (Lipinski definition) is 3. The standard InChI is InChI=1S/C16H35N3/c1-5-15(4)19-10-8-18(9-11-19)7-6-16(13-17)12-14(2)3/h14-16H,5-13,17H2,1-4H3. The normalized spacial score (nSPS) is 21.8. The highest BCUT2D eigenvalue weighted by Crippen LogP contribution is 2.16. The van der Waals surface area contributed by atoms with E-state index in [1.54, 1.807) is 0 Å². The molecule has 114 valence electrons.